The standard InChI is InChI=1S/C55H87NO15/c1-34-16-12-11-13-17-35(2)46(65-8)32-42-21-19-40(7)55(64,71-42)52(61)53(62)56-23-15-14-18-43(56)54(63)70-47(37(4)30-41-20-22-45(68-26-24-57)48(31-41)66-9)33-44(59)36(3)29-39(6)50(69-27-25-58)51(67-10)49(60)38(5)28-34/h11-13,16-17,29,34,36-38,40-43,45-48,50-51,57-58,64H,14-15,18-28,30-33H2,1-10H3/b13-11+,16-12+,35-17+,39-29+/t34-,36-,37-,38-,40-,41+,42+,43+,45-,46+,47+,48-,50-,51+,55-/m1/s1. The van der Waals surface area contributed by atoms with E-state index in [0.717, 1.165) is 12.0 Å². The minimum atomic E-state index is -2.44. The van der Waals surface area contributed by atoms with E-state index in [2.05, 4.69) is 0 Å². The van der Waals surface area contributed by atoms with Gasteiger partial charge in [-0.25, -0.2) is 4.79 Å². The van der Waals surface area contributed by atoms with Gasteiger partial charge in [-0.3, -0.25) is 19.2 Å². The molecule has 0 unspecified atom stereocenters. The maximum atomic E-state index is 14.6. The fourth-order valence-corrected chi connectivity index (χ4v) is 10.9. The van der Waals surface area contributed by atoms with Gasteiger partial charge in [0.2, 0.25) is 5.79 Å². The van der Waals surface area contributed by atoms with E-state index in [1.165, 1.54) is 12.0 Å². The molecule has 1 aliphatic carbocycles. The molecule has 0 radical (unpaired) electrons. The van der Waals surface area contributed by atoms with Gasteiger partial charge in [-0.1, -0.05) is 71.1 Å². The van der Waals surface area contributed by atoms with Crippen molar-refractivity contribution in [2.24, 2.45) is 35.5 Å². The summed E-state index contributed by atoms with van der Waals surface area (Å²) in [5, 5.41) is 31.2. The van der Waals surface area contributed by atoms with Crippen LogP contribution in [0.4, 0.5) is 0 Å². The molecule has 0 aromatic heterocycles. The van der Waals surface area contributed by atoms with E-state index in [1.807, 2.05) is 58.1 Å². The summed E-state index contributed by atoms with van der Waals surface area (Å²) in [5.41, 5.74) is 1.44. The SMILES string of the molecule is CO[C@H]1C[C@@H]2CC[C@@H](C)[C@@](O)(O2)C(=O)C(=O)N2CCCC[C@H]2C(=O)O[C@H]([C@H](C)C[C@@H]2CC[C@@H](OCCO)[C@H](OC)C2)CC(=O)[C@H](C)/C=C(\C)[C@@H](OCCO)[C@@H](OC)C(=O)[C@H](C)C[C@H](C)/C=C/C=C/C=C/1C. The van der Waals surface area contributed by atoms with Gasteiger partial charge < -0.3 is 53.4 Å². The van der Waals surface area contributed by atoms with Crippen molar-refractivity contribution in [2.45, 2.75) is 180 Å². The molecular weight excluding hydrogens is 915 g/mol. The summed E-state index contributed by atoms with van der Waals surface area (Å²) in [6.45, 7) is 12.7. The number of nitrogens with zero attached hydrogens (tertiary/aromatic N) is 1. The second kappa shape index (κ2) is 29.4. The van der Waals surface area contributed by atoms with Gasteiger partial charge in [0.15, 0.2) is 5.78 Å². The minimum Gasteiger partial charge on any atom is -0.460 e. The molecule has 0 aromatic rings. The molecule has 15 atom stereocenters. The van der Waals surface area contributed by atoms with E-state index >= 15 is 0 Å². The normalized spacial score (nSPS) is 38.0. The lowest BCUT2D eigenvalue weighted by atomic mass is 9.78. The number of amides is 1. The Kier molecular flexibility index (Phi) is 24.9. The highest BCUT2D eigenvalue weighted by Gasteiger charge is 2.53. The molecule has 71 heavy (non-hydrogen) atoms. The van der Waals surface area contributed by atoms with Gasteiger partial charge in [0.1, 0.15) is 30.1 Å². The van der Waals surface area contributed by atoms with Crippen LogP contribution in [0.15, 0.2) is 47.6 Å². The van der Waals surface area contributed by atoms with Crippen LogP contribution in [0, 0.1) is 35.5 Å². The first-order valence-electron chi connectivity index (χ1n) is 26.1. The van der Waals surface area contributed by atoms with Gasteiger partial charge in [-0.05, 0) is 107 Å². The van der Waals surface area contributed by atoms with E-state index in [1.54, 1.807) is 41.1 Å². The number of ether oxygens (including phenoxy) is 7. The lowest BCUT2D eigenvalue weighted by molar-refractivity contribution is -0.265. The van der Waals surface area contributed by atoms with Gasteiger partial charge in [-0.15, -0.1) is 0 Å². The molecule has 16 heteroatoms. The smallest absolute Gasteiger partial charge is 0.329 e. The number of Topliss-reactive ketones (excluding diaryl/α,β-unsaturated/α-hetero) is 3. The maximum Gasteiger partial charge on any atom is 0.329 e. The van der Waals surface area contributed by atoms with Gasteiger partial charge in [0.25, 0.3) is 11.7 Å². The Morgan fingerprint density at radius 1 is 0.789 bits per heavy atom. The number of ketones is 3. The van der Waals surface area contributed by atoms with Crippen LogP contribution < -0.4 is 0 Å². The molecule has 3 aliphatic heterocycles. The average Bonchev–Trinajstić information content (AvgIpc) is 3.35. The van der Waals surface area contributed by atoms with Crippen molar-refractivity contribution in [3.05, 3.63) is 47.6 Å². The van der Waals surface area contributed by atoms with Crippen molar-refractivity contribution >= 4 is 29.2 Å². The highest BCUT2D eigenvalue weighted by atomic mass is 16.6. The first kappa shape index (κ1) is 60.1. The lowest BCUT2D eigenvalue weighted by Gasteiger charge is -2.42. The predicted molar refractivity (Wildman–Crippen MR) is 267 cm³/mol. The monoisotopic (exact) mass is 1000 g/mol. The topological polar surface area (TPSA) is 214 Å². The third kappa shape index (κ3) is 16.8. The number of hydrogen-bond acceptors (Lipinski definition) is 15. The zero-order valence-corrected chi connectivity index (χ0v) is 44.3. The number of fused-ring (bicyclic) bond motifs is 3. The molecule has 3 fully saturated rings. The number of rotatable bonds is 12. The number of carbonyl (C=O) groups is 5. The van der Waals surface area contributed by atoms with Gasteiger partial charge >= 0.3 is 5.97 Å². The number of cyclic esters (lactones) is 1. The van der Waals surface area contributed by atoms with E-state index in [-0.39, 0.29) is 87.3 Å². The van der Waals surface area contributed by atoms with E-state index in [4.69, 9.17) is 33.2 Å². The zero-order valence-electron chi connectivity index (χ0n) is 44.3. The summed E-state index contributed by atoms with van der Waals surface area (Å²) in [7, 11) is 4.65. The fraction of sp³-hybridized carbons (Fsp3) is 0.764. The van der Waals surface area contributed by atoms with E-state index in [9.17, 15) is 39.3 Å². The van der Waals surface area contributed by atoms with Crippen molar-refractivity contribution in [3.8, 4) is 0 Å². The Labute approximate surface area is 422 Å². The van der Waals surface area contributed by atoms with Crippen molar-refractivity contribution in [1.82, 2.24) is 4.90 Å². The predicted octanol–water partition coefficient (Wildman–Crippen LogP) is 6.21. The summed E-state index contributed by atoms with van der Waals surface area (Å²) >= 11 is 0. The number of carbonyl (C=O) groups excluding carboxylic acids is 5. The number of piperidine rings is 1. The number of allylic oxidation sites excluding steroid dienone is 6. The van der Waals surface area contributed by atoms with Gasteiger partial charge in [-0.2, -0.15) is 0 Å². The molecule has 1 amide bonds. The molecule has 2 bridgehead atoms. The van der Waals surface area contributed by atoms with Crippen molar-refractivity contribution in [3.63, 3.8) is 0 Å². The number of esters is 1. The second-order valence-corrected chi connectivity index (χ2v) is 20.7. The first-order valence-corrected chi connectivity index (χ1v) is 26.1. The molecule has 16 nitrogen and oxygen atoms in total. The highest BCUT2D eigenvalue weighted by molar-refractivity contribution is 6.39. The molecule has 0 spiro atoms. The molecule has 402 valence electrons. The van der Waals surface area contributed by atoms with E-state index < -0.39 is 77.8 Å². The van der Waals surface area contributed by atoms with Crippen LogP contribution in [0.3, 0.4) is 0 Å². The van der Waals surface area contributed by atoms with Crippen molar-refractivity contribution in [1.29, 1.82) is 0 Å². The van der Waals surface area contributed by atoms with Crippen LogP contribution in [-0.2, 0) is 57.1 Å². The molecule has 3 heterocycles. The van der Waals surface area contributed by atoms with E-state index in [0.29, 0.717) is 63.4 Å². The number of aliphatic hydroxyl groups is 3. The van der Waals surface area contributed by atoms with Gasteiger partial charge in [0.05, 0.1) is 50.8 Å². The van der Waals surface area contributed by atoms with Crippen LogP contribution in [0.5, 0.6) is 0 Å². The zero-order chi connectivity index (χ0) is 52.4. The van der Waals surface area contributed by atoms with Crippen molar-refractivity contribution in [2.75, 3.05) is 54.3 Å². The molecule has 0 aromatic carbocycles. The Bertz CT molecular complexity index is 1860. The second-order valence-electron chi connectivity index (χ2n) is 20.7. The van der Waals surface area contributed by atoms with Crippen LogP contribution in [0.1, 0.15) is 126 Å². The Hall–Kier alpha value is -3.45. The molecular formula is C55H87NO15. The molecule has 3 N–H and O–H groups in total. The lowest BCUT2D eigenvalue weighted by Crippen LogP contribution is -2.61. The summed E-state index contributed by atoms with van der Waals surface area (Å²) in [4.78, 5) is 72.9. The van der Waals surface area contributed by atoms with Crippen LogP contribution in [0.2, 0.25) is 0 Å². The largest absolute Gasteiger partial charge is 0.460 e. The number of aliphatic hydroxyl groups excluding tert-OH is 2. The van der Waals surface area contributed by atoms with Crippen molar-refractivity contribution < 1.29 is 72.5 Å². The third-order valence-corrected chi connectivity index (χ3v) is 15.2. The first-order chi connectivity index (χ1) is 33.8. The summed E-state index contributed by atoms with van der Waals surface area (Å²) in [6, 6.07) is -1.15. The van der Waals surface area contributed by atoms with Crippen LogP contribution in [0.25, 0.3) is 0 Å². The quantitative estimate of drug-likeness (QED) is 0.113. The molecule has 2 saturated heterocycles. The molecule has 4 rings (SSSR count). The van der Waals surface area contributed by atoms with Crippen LogP contribution >= 0.6 is 0 Å². The molecule has 4 aliphatic rings. The summed E-state index contributed by atoms with van der Waals surface area (Å²) in [6.07, 6.45) is 12.7. The third-order valence-electron chi connectivity index (χ3n) is 15.2. The number of hydrogen-bond donors (Lipinski definition) is 3. The fourth-order valence-electron chi connectivity index (χ4n) is 10.9. The van der Waals surface area contributed by atoms with Crippen LogP contribution in [-0.4, -0.2) is 158 Å². The summed E-state index contributed by atoms with van der Waals surface area (Å²) in [5.74, 6) is -7.84. The number of methoxy groups -OCH3 is 3. The highest BCUT2D eigenvalue weighted by Crippen LogP contribution is 2.38. The molecule has 1 saturated carbocycles. The minimum absolute atomic E-state index is 0.0155. The maximum absolute atomic E-state index is 14.6. The Morgan fingerprint density at radius 2 is 1.51 bits per heavy atom. The average molecular weight is 1000 g/mol. The van der Waals surface area contributed by atoms with Gasteiger partial charge in [0, 0.05) is 58.5 Å². The summed E-state index contributed by atoms with van der Waals surface area (Å²) < 4.78 is 42.0. The Morgan fingerprint density at radius 3 is 2.18 bits per heavy atom. The Balaban J connectivity index is 1.74.